The molecule has 0 aromatic heterocycles. The smallest absolute Gasteiger partial charge is 0.229 e. The van der Waals surface area contributed by atoms with Crippen molar-refractivity contribution in [3.05, 3.63) is 58.7 Å². The van der Waals surface area contributed by atoms with Crippen molar-refractivity contribution in [2.24, 2.45) is 0 Å². The molecule has 3 aliphatic rings. The maximum absolute atomic E-state index is 11.5. The molecule has 2 aliphatic heterocycles. The van der Waals surface area contributed by atoms with Crippen molar-refractivity contribution in [1.82, 2.24) is 4.90 Å². The number of hydrogen-bond acceptors (Lipinski definition) is 7. The minimum Gasteiger partial charge on any atom is -0.487 e. The molecule has 3 atom stereocenters. The first kappa shape index (κ1) is 23.1. The maximum Gasteiger partial charge on any atom is 0.229 e. The molecule has 0 bridgehead atoms. The van der Waals surface area contributed by atoms with Crippen molar-refractivity contribution >= 4 is 15.7 Å². The molecule has 1 saturated heterocycles. The summed E-state index contributed by atoms with van der Waals surface area (Å²) in [5.41, 5.74) is 3.09. The molecule has 1 aliphatic carbocycles. The molecule has 2 aromatic carbocycles. The van der Waals surface area contributed by atoms with E-state index in [0.717, 1.165) is 49.7 Å². The van der Waals surface area contributed by atoms with Crippen LogP contribution in [-0.4, -0.2) is 54.5 Å². The van der Waals surface area contributed by atoms with E-state index in [1.807, 2.05) is 12.1 Å². The van der Waals surface area contributed by atoms with Crippen LogP contribution in [0.1, 0.15) is 60.1 Å². The van der Waals surface area contributed by atoms with Crippen molar-refractivity contribution in [1.29, 1.82) is 5.26 Å². The Labute approximate surface area is 199 Å². The number of benzene rings is 2. The first-order valence-corrected chi connectivity index (χ1v) is 13.5. The van der Waals surface area contributed by atoms with Gasteiger partial charge in [0.15, 0.2) is 0 Å². The van der Waals surface area contributed by atoms with Crippen LogP contribution in [0, 0.1) is 11.3 Å². The van der Waals surface area contributed by atoms with E-state index in [-0.39, 0.29) is 6.04 Å². The molecular formula is C25H29N3O5S. The van der Waals surface area contributed by atoms with Crippen LogP contribution in [0.15, 0.2) is 36.4 Å². The normalized spacial score (nSPS) is 26.1. The number of piperidine rings is 1. The number of nitrogens with one attached hydrogen (secondary N) is 1. The molecule has 2 aromatic rings. The molecule has 8 nitrogen and oxygen atoms in total. The summed E-state index contributed by atoms with van der Waals surface area (Å²) in [4.78, 5) is 2.40. The third-order valence-electron chi connectivity index (χ3n) is 7.37. The van der Waals surface area contributed by atoms with Gasteiger partial charge in [0.05, 0.1) is 30.1 Å². The Kier molecular flexibility index (Phi) is 5.81. The lowest BCUT2D eigenvalue weighted by Crippen LogP contribution is -2.53. The second kappa shape index (κ2) is 8.54. The average Bonchev–Trinajstić information content (AvgIpc) is 2.79. The zero-order valence-electron chi connectivity index (χ0n) is 19.1. The molecule has 180 valence electrons. The highest BCUT2D eigenvalue weighted by Crippen LogP contribution is 2.46. The fourth-order valence-corrected chi connectivity index (χ4v) is 6.24. The van der Waals surface area contributed by atoms with E-state index in [1.165, 1.54) is 0 Å². The predicted molar refractivity (Wildman–Crippen MR) is 127 cm³/mol. The fourth-order valence-electron chi connectivity index (χ4n) is 5.68. The number of aliphatic hydroxyl groups is 2. The number of ether oxygens (including phenoxy) is 1. The van der Waals surface area contributed by atoms with Gasteiger partial charge in [-0.15, -0.1) is 0 Å². The number of likely N-dealkylation sites (tertiary alicyclic amines) is 1. The molecule has 2 heterocycles. The standard InChI is InChI=1S/C25H29N3O5S/c1-34(31,32)27-18-4-5-24-21(12-18)23(30)14-25(33-24)6-8-28(9-7-25)19-11-17-3-2-16(15-26)10-20(17)22(29)13-19/h2-5,10,12,19,22-23,27,29-30H,6-9,11,13-14H2,1H3/t19-,22-,23+/m0/s1. The molecule has 3 N–H and O–H groups in total. The number of nitriles is 1. The minimum absolute atomic E-state index is 0.221. The number of rotatable bonds is 3. The number of aliphatic hydroxyl groups excluding tert-OH is 2. The van der Waals surface area contributed by atoms with Gasteiger partial charge in [-0.1, -0.05) is 6.07 Å². The van der Waals surface area contributed by atoms with Crippen LogP contribution in [0.5, 0.6) is 5.75 Å². The van der Waals surface area contributed by atoms with Crippen LogP contribution in [0.25, 0.3) is 0 Å². The van der Waals surface area contributed by atoms with E-state index >= 15 is 0 Å². The van der Waals surface area contributed by atoms with E-state index in [1.54, 1.807) is 24.3 Å². The number of hydrogen-bond donors (Lipinski definition) is 3. The summed E-state index contributed by atoms with van der Waals surface area (Å²) in [5, 5.41) is 30.7. The van der Waals surface area contributed by atoms with Crippen molar-refractivity contribution in [3.63, 3.8) is 0 Å². The van der Waals surface area contributed by atoms with Gasteiger partial charge in [-0.05, 0) is 67.1 Å². The Morgan fingerprint density at radius 3 is 2.59 bits per heavy atom. The van der Waals surface area contributed by atoms with Crippen LogP contribution >= 0.6 is 0 Å². The average molecular weight is 484 g/mol. The predicted octanol–water partition coefficient (Wildman–Crippen LogP) is 2.63. The number of sulfonamides is 1. The zero-order chi connectivity index (χ0) is 24.1. The lowest BCUT2D eigenvalue weighted by Gasteiger charge is -2.48. The van der Waals surface area contributed by atoms with Crippen molar-refractivity contribution in [3.8, 4) is 11.8 Å². The summed E-state index contributed by atoms with van der Waals surface area (Å²) in [5.74, 6) is 0.599. The fraction of sp³-hybridized carbons (Fsp3) is 0.480. The first-order chi connectivity index (χ1) is 16.1. The molecule has 34 heavy (non-hydrogen) atoms. The van der Waals surface area contributed by atoms with Crippen LogP contribution in [0.2, 0.25) is 0 Å². The van der Waals surface area contributed by atoms with Gasteiger partial charge >= 0.3 is 0 Å². The molecule has 0 saturated carbocycles. The minimum atomic E-state index is -3.40. The van der Waals surface area contributed by atoms with E-state index in [2.05, 4.69) is 15.7 Å². The summed E-state index contributed by atoms with van der Waals surface area (Å²) in [6.45, 7) is 1.61. The van der Waals surface area contributed by atoms with E-state index in [9.17, 15) is 18.6 Å². The Balaban J connectivity index is 1.27. The lowest BCUT2D eigenvalue weighted by molar-refractivity contribution is -0.0636. The summed E-state index contributed by atoms with van der Waals surface area (Å²) in [7, 11) is -3.40. The topological polar surface area (TPSA) is 123 Å². The Morgan fingerprint density at radius 1 is 1.12 bits per heavy atom. The second-order valence-corrected chi connectivity index (χ2v) is 11.6. The Morgan fingerprint density at radius 2 is 1.88 bits per heavy atom. The number of fused-ring (bicyclic) bond motifs is 2. The maximum atomic E-state index is 11.5. The quantitative estimate of drug-likeness (QED) is 0.613. The lowest BCUT2D eigenvalue weighted by atomic mass is 9.79. The highest BCUT2D eigenvalue weighted by Gasteiger charge is 2.44. The third-order valence-corrected chi connectivity index (χ3v) is 7.98. The molecule has 5 rings (SSSR count). The summed E-state index contributed by atoms with van der Waals surface area (Å²) < 4.78 is 31.9. The molecule has 1 spiro atoms. The van der Waals surface area contributed by atoms with Gasteiger partial charge in [-0.2, -0.15) is 5.26 Å². The van der Waals surface area contributed by atoms with Gasteiger partial charge in [0, 0.05) is 36.8 Å². The Bertz CT molecular complexity index is 1250. The van der Waals surface area contributed by atoms with Gasteiger partial charge in [0.2, 0.25) is 10.0 Å². The monoisotopic (exact) mass is 483 g/mol. The highest BCUT2D eigenvalue weighted by atomic mass is 32.2. The van der Waals surface area contributed by atoms with Crippen molar-refractivity contribution in [2.75, 3.05) is 24.1 Å². The van der Waals surface area contributed by atoms with Gasteiger partial charge in [0.1, 0.15) is 11.4 Å². The highest BCUT2D eigenvalue weighted by molar-refractivity contribution is 7.92. The Hall–Kier alpha value is -2.64. The SMILES string of the molecule is CS(=O)(=O)Nc1ccc2c(c1)[C@H](O)CC1(CCN([C@H]3Cc4ccc(C#N)cc4[C@@H](O)C3)CC1)O2. The molecular weight excluding hydrogens is 454 g/mol. The molecule has 0 radical (unpaired) electrons. The van der Waals surface area contributed by atoms with Gasteiger partial charge < -0.3 is 14.9 Å². The number of nitrogens with zero attached hydrogens (tertiary/aromatic N) is 2. The van der Waals surface area contributed by atoms with E-state index in [0.29, 0.717) is 35.4 Å². The molecule has 0 unspecified atom stereocenters. The second-order valence-electron chi connectivity index (χ2n) is 9.80. The van der Waals surface area contributed by atoms with Crippen LogP contribution in [0.3, 0.4) is 0 Å². The van der Waals surface area contributed by atoms with E-state index in [4.69, 9.17) is 10.00 Å². The van der Waals surface area contributed by atoms with E-state index < -0.39 is 27.8 Å². The summed E-state index contributed by atoms with van der Waals surface area (Å²) in [6, 6.07) is 12.9. The van der Waals surface area contributed by atoms with Crippen LogP contribution in [0.4, 0.5) is 5.69 Å². The van der Waals surface area contributed by atoms with Gasteiger partial charge in [-0.25, -0.2) is 8.42 Å². The third kappa shape index (κ3) is 4.51. The van der Waals surface area contributed by atoms with Gasteiger partial charge in [-0.3, -0.25) is 9.62 Å². The van der Waals surface area contributed by atoms with Gasteiger partial charge in [0.25, 0.3) is 0 Å². The van der Waals surface area contributed by atoms with Crippen molar-refractivity contribution < 1.29 is 23.4 Å². The van der Waals surface area contributed by atoms with Crippen molar-refractivity contribution in [2.45, 2.75) is 56.0 Å². The molecule has 9 heteroatoms. The first-order valence-electron chi connectivity index (χ1n) is 11.6. The summed E-state index contributed by atoms with van der Waals surface area (Å²) in [6.07, 6.45) is 3.25. The van der Waals surface area contributed by atoms with Crippen LogP contribution < -0.4 is 9.46 Å². The zero-order valence-corrected chi connectivity index (χ0v) is 19.9. The molecule has 0 amide bonds. The largest absolute Gasteiger partial charge is 0.487 e. The summed E-state index contributed by atoms with van der Waals surface area (Å²) >= 11 is 0. The number of anilines is 1. The molecule has 1 fully saturated rings. The van der Waals surface area contributed by atoms with Crippen LogP contribution in [-0.2, 0) is 16.4 Å².